The number of anilines is 1. The predicted octanol–water partition coefficient (Wildman–Crippen LogP) is 3.39. The molecule has 0 fully saturated rings. The van der Waals surface area contributed by atoms with Crippen LogP contribution in [0.4, 0.5) is 5.69 Å². The molecule has 1 heterocycles. The first-order chi connectivity index (χ1) is 12.0. The van der Waals surface area contributed by atoms with Gasteiger partial charge in [-0.3, -0.25) is 4.79 Å². The maximum Gasteiger partial charge on any atom is 0.316 e. The summed E-state index contributed by atoms with van der Waals surface area (Å²) in [6.07, 6.45) is 0. The SMILES string of the molecule is CN(C)c1ccc(-c2noc(C(=O)NCc3ccccc3Cl)n2)cc1. The Bertz CT molecular complexity index is 875. The van der Waals surface area contributed by atoms with Crippen molar-refractivity contribution in [2.24, 2.45) is 0 Å². The Morgan fingerprint density at radius 1 is 1.16 bits per heavy atom. The third-order valence-corrected chi connectivity index (χ3v) is 4.03. The third kappa shape index (κ3) is 3.97. The lowest BCUT2D eigenvalue weighted by Gasteiger charge is -2.11. The summed E-state index contributed by atoms with van der Waals surface area (Å²) in [5.41, 5.74) is 2.65. The van der Waals surface area contributed by atoms with Crippen LogP contribution in [-0.2, 0) is 6.54 Å². The molecule has 1 amide bonds. The van der Waals surface area contributed by atoms with Gasteiger partial charge in [-0.25, -0.2) is 0 Å². The van der Waals surface area contributed by atoms with Crippen molar-refractivity contribution in [2.45, 2.75) is 6.54 Å². The summed E-state index contributed by atoms with van der Waals surface area (Å²) >= 11 is 6.07. The van der Waals surface area contributed by atoms with E-state index in [4.69, 9.17) is 16.1 Å². The van der Waals surface area contributed by atoms with Gasteiger partial charge >= 0.3 is 11.8 Å². The van der Waals surface area contributed by atoms with Crippen molar-refractivity contribution in [2.75, 3.05) is 19.0 Å². The van der Waals surface area contributed by atoms with E-state index in [1.165, 1.54) is 0 Å². The Morgan fingerprint density at radius 2 is 1.88 bits per heavy atom. The van der Waals surface area contributed by atoms with Crippen molar-refractivity contribution in [1.82, 2.24) is 15.5 Å². The molecule has 0 spiro atoms. The normalized spacial score (nSPS) is 10.5. The second-order valence-corrected chi connectivity index (χ2v) is 6.05. The molecule has 0 bridgehead atoms. The molecular formula is C18H17ClN4O2. The number of aromatic nitrogens is 2. The van der Waals surface area contributed by atoms with E-state index in [0.29, 0.717) is 10.8 Å². The monoisotopic (exact) mass is 356 g/mol. The molecule has 3 aromatic rings. The van der Waals surface area contributed by atoms with Crippen molar-refractivity contribution >= 4 is 23.2 Å². The molecule has 2 aromatic carbocycles. The van der Waals surface area contributed by atoms with E-state index < -0.39 is 5.91 Å². The van der Waals surface area contributed by atoms with Gasteiger partial charge in [0, 0.05) is 36.9 Å². The summed E-state index contributed by atoms with van der Waals surface area (Å²) in [4.78, 5) is 18.3. The van der Waals surface area contributed by atoms with Crippen LogP contribution in [0.2, 0.25) is 5.02 Å². The molecule has 6 nitrogen and oxygen atoms in total. The number of nitrogens with one attached hydrogen (secondary N) is 1. The van der Waals surface area contributed by atoms with Gasteiger partial charge in [0.25, 0.3) is 0 Å². The number of hydrogen-bond donors (Lipinski definition) is 1. The highest BCUT2D eigenvalue weighted by molar-refractivity contribution is 6.31. The van der Waals surface area contributed by atoms with Gasteiger partial charge < -0.3 is 14.7 Å². The molecule has 128 valence electrons. The maximum absolute atomic E-state index is 12.2. The molecular weight excluding hydrogens is 340 g/mol. The van der Waals surface area contributed by atoms with Gasteiger partial charge in [0.05, 0.1) is 0 Å². The molecule has 3 rings (SSSR count). The van der Waals surface area contributed by atoms with Gasteiger partial charge in [-0.15, -0.1) is 0 Å². The summed E-state index contributed by atoms with van der Waals surface area (Å²) in [5.74, 6) is -0.157. The zero-order chi connectivity index (χ0) is 17.8. The average molecular weight is 357 g/mol. The van der Waals surface area contributed by atoms with E-state index >= 15 is 0 Å². The number of carbonyl (C=O) groups is 1. The fourth-order valence-electron chi connectivity index (χ4n) is 2.23. The van der Waals surface area contributed by atoms with Crippen LogP contribution in [0.15, 0.2) is 53.1 Å². The summed E-state index contributed by atoms with van der Waals surface area (Å²) in [6, 6.07) is 15.0. The molecule has 0 saturated carbocycles. The van der Waals surface area contributed by atoms with Gasteiger partial charge in [0.2, 0.25) is 5.82 Å². The highest BCUT2D eigenvalue weighted by Crippen LogP contribution is 2.20. The molecule has 0 aliphatic carbocycles. The summed E-state index contributed by atoms with van der Waals surface area (Å²) in [5, 5.41) is 7.18. The molecule has 0 aliphatic rings. The molecule has 25 heavy (non-hydrogen) atoms. The molecule has 0 saturated heterocycles. The molecule has 7 heteroatoms. The minimum Gasteiger partial charge on any atom is -0.378 e. The van der Waals surface area contributed by atoms with Crippen LogP contribution < -0.4 is 10.2 Å². The number of halogens is 1. The Morgan fingerprint density at radius 3 is 2.56 bits per heavy atom. The van der Waals surface area contributed by atoms with Crippen molar-refractivity contribution < 1.29 is 9.32 Å². The molecule has 0 unspecified atom stereocenters. The average Bonchev–Trinajstić information content (AvgIpc) is 3.11. The van der Waals surface area contributed by atoms with Gasteiger partial charge in [-0.1, -0.05) is 35.0 Å². The van der Waals surface area contributed by atoms with Crippen LogP contribution in [0.3, 0.4) is 0 Å². The fourth-order valence-corrected chi connectivity index (χ4v) is 2.44. The zero-order valence-corrected chi connectivity index (χ0v) is 14.6. The Kier molecular flexibility index (Phi) is 5.00. The van der Waals surface area contributed by atoms with Gasteiger partial charge in [0.1, 0.15) is 0 Å². The number of carbonyl (C=O) groups excluding carboxylic acids is 1. The summed E-state index contributed by atoms with van der Waals surface area (Å²) < 4.78 is 5.06. The van der Waals surface area contributed by atoms with E-state index in [0.717, 1.165) is 16.8 Å². The van der Waals surface area contributed by atoms with Crippen LogP contribution in [0.5, 0.6) is 0 Å². The van der Waals surface area contributed by atoms with Gasteiger partial charge in [0.15, 0.2) is 0 Å². The summed E-state index contributed by atoms with van der Waals surface area (Å²) in [6.45, 7) is 0.285. The van der Waals surface area contributed by atoms with E-state index in [2.05, 4.69) is 15.5 Å². The van der Waals surface area contributed by atoms with Crippen LogP contribution in [-0.4, -0.2) is 30.1 Å². The number of amides is 1. The lowest BCUT2D eigenvalue weighted by atomic mass is 10.2. The van der Waals surface area contributed by atoms with E-state index in [-0.39, 0.29) is 12.4 Å². The number of rotatable bonds is 5. The third-order valence-electron chi connectivity index (χ3n) is 3.66. The van der Waals surface area contributed by atoms with Crippen LogP contribution in [0.25, 0.3) is 11.4 Å². The maximum atomic E-state index is 12.2. The molecule has 1 N–H and O–H groups in total. The van der Waals surface area contributed by atoms with Crippen LogP contribution >= 0.6 is 11.6 Å². The molecule has 0 radical (unpaired) electrons. The first kappa shape index (κ1) is 17.0. The second kappa shape index (κ2) is 7.36. The van der Waals surface area contributed by atoms with Crippen molar-refractivity contribution in [3.05, 3.63) is 65.0 Å². The van der Waals surface area contributed by atoms with Gasteiger partial charge in [-0.2, -0.15) is 4.98 Å². The first-order valence-electron chi connectivity index (χ1n) is 7.67. The molecule has 0 aliphatic heterocycles. The van der Waals surface area contributed by atoms with Crippen molar-refractivity contribution in [1.29, 1.82) is 0 Å². The Labute approximate surface area is 150 Å². The Balaban J connectivity index is 1.68. The van der Waals surface area contributed by atoms with E-state index in [1.54, 1.807) is 6.07 Å². The zero-order valence-electron chi connectivity index (χ0n) is 13.9. The van der Waals surface area contributed by atoms with E-state index in [1.807, 2.05) is 61.5 Å². The van der Waals surface area contributed by atoms with E-state index in [9.17, 15) is 4.79 Å². The van der Waals surface area contributed by atoms with Crippen molar-refractivity contribution in [3.8, 4) is 11.4 Å². The smallest absolute Gasteiger partial charge is 0.316 e. The Hall–Kier alpha value is -2.86. The lowest BCUT2D eigenvalue weighted by molar-refractivity contribution is 0.0907. The standard InChI is InChI=1S/C18H17ClN4O2/c1-23(2)14-9-7-12(8-10-14)16-21-18(25-22-16)17(24)20-11-13-5-3-4-6-15(13)19/h3-10H,11H2,1-2H3,(H,20,24). The minimum absolute atomic E-state index is 0.0845. The molecule has 0 atom stereocenters. The largest absolute Gasteiger partial charge is 0.378 e. The first-order valence-corrected chi connectivity index (χ1v) is 8.05. The fraction of sp³-hybridized carbons (Fsp3) is 0.167. The highest BCUT2D eigenvalue weighted by Gasteiger charge is 2.16. The molecule has 1 aromatic heterocycles. The number of hydrogen-bond acceptors (Lipinski definition) is 5. The number of benzene rings is 2. The van der Waals surface area contributed by atoms with Gasteiger partial charge in [-0.05, 0) is 35.9 Å². The quantitative estimate of drug-likeness (QED) is 0.758. The highest BCUT2D eigenvalue weighted by atomic mass is 35.5. The topological polar surface area (TPSA) is 71.3 Å². The van der Waals surface area contributed by atoms with Crippen molar-refractivity contribution in [3.63, 3.8) is 0 Å². The summed E-state index contributed by atoms with van der Waals surface area (Å²) in [7, 11) is 3.93. The number of nitrogens with zero attached hydrogens (tertiary/aromatic N) is 3. The van der Waals surface area contributed by atoms with Crippen LogP contribution in [0, 0.1) is 0 Å². The lowest BCUT2D eigenvalue weighted by Crippen LogP contribution is -2.23. The second-order valence-electron chi connectivity index (χ2n) is 5.64. The minimum atomic E-state index is -0.441. The van der Waals surface area contributed by atoms with Crippen LogP contribution in [0.1, 0.15) is 16.2 Å². The predicted molar refractivity (Wildman–Crippen MR) is 96.7 cm³/mol.